The van der Waals surface area contributed by atoms with Gasteiger partial charge in [0.15, 0.2) is 0 Å². The second kappa shape index (κ2) is 8.04. The van der Waals surface area contributed by atoms with Gasteiger partial charge in [-0.1, -0.05) is 30.3 Å². The van der Waals surface area contributed by atoms with Crippen molar-refractivity contribution in [3.63, 3.8) is 0 Å². The van der Waals surface area contributed by atoms with Gasteiger partial charge >= 0.3 is 0 Å². The number of benzene rings is 1. The predicted molar refractivity (Wildman–Crippen MR) is 107 cm³/mol. The molecule has 7 heteroatoms. The zero-order chi connectivity index (χ0) is 19.3. The van der Waals surface area contributed by atoms with Crippen LogP contribution < -0.4 is 10.2 Å². The summed E-state index contributed by atoms with van der Waals surface area (Å²) in [6, 6.07) is 13.3. The molecule has 0 atom stereocenters. The Kier molecular flexibility index (Phi) is 5.14. The Morgan fingerprint density at radius 2 is 1.75 bits per heavy atom. The van der Waals surface area contributed by atoms with Gasteiger partial charge in [-0.3, -0.25) is 19.6 Å². The van der Waals surface area contributed by atoms with Crippen LogP contribution in [-0.4, -0.2) is 59.4 Å². The Labute approximate surface area is 163 Å². The highest BCUT2D eigenvalue weighted by molar-refractivity contribution is 5.95. The molecule has 1 fully saturated rings. The van der Waals surface area contributed by atoms with Gasteiger partial charge in [0.25, 0.3) is 5.91 Å². The van der Waals surface area contributed by atoms with E-state index < -0.39 is 0 Å². The van der Waals surface area contributed by atoms with Crippen LogP contribution in [0.25, 0.3) is 10.8 Å². The normalized spacial score (nSPS) is 14.1. The van der Waals surface area contributed by atoms with Gasteiger partial charge in [0.2, 0.25) is 5.91 Å². The molecule has 0 saturated carbocycles. The maximum absolute atomic E-state index is 12.4. The first-order valence-electron chi connectivity index (χ1n) is 9.27. The molecule has 7 nitrogen and oxygen atoms in total. The Balaban J connectivity index is 1.33. The SMILES string of the molecule is O=C(NCC(=O)N1CCN(c2cncc3ccccc23)CC1)c1ccccn1. The van der Waals surface area contributed by atoms with Gasteiger partial charge in [-0.25, -0.2) is 0 Å². The maximum Gasteiger partial charge on any atom is 0.270 e. The molecule has 1 aromatic carbocycles. The van der Waals surface area contributed by atoms with E-state index in [9.17, 15) is 9.59 Å². The number of pyridine rings is 2. The second-order valence-corrected chi connectivity index (χ2v) is 6.65. The molecule has 3 heterocycles. The molecule has 142 valence electrons. The number of amides is 2. The van der Waals surface area contributed by atoms with E-state index in [4.69, 9.17) is 0 Å². The van der Waals surface area contributed by atoms with Gasteiger partial charge in [0.1, 0.15) is 5.69 Å². The van der Waals surface area contributed by atoms with Crippen LogP contribution >= 0.6 is 0 Å². The Bertz CT molecular complexity index is 979. The summed E-state index contributed by atoms with van der Waals surface area (Å²) in [4.78, 5) is 36.9. The Morgan fingerprint density at radius 3 is 2.54 bits per heavy atom. The van der Waals surface area contributed by atoms with E-state index in [0.717, 1.165) is 24.2 Å². The number of carbonyl (C=O) groups excluding carboxylic acids is 2. The van der Waals surface area contributed by atoms with E-state index in [-0.39, 0.29) is 18.4 Å². The summed E-state index contributed by atoms with van der Waals surface area (Å²) in [5.41, 5.74) is 1.40. The van der Waals surface area contributed by atoms with Crippen LogP contribution in [0.3, 0.4) is 0 Å². The minimum absolute atomic E-state index is 0.0226. The van der Waals surface area contributed by atoms with Crippen LogP contribution in [-0.2, 0) is 4.79 Å². The minimum Gasteiger partial charge on any atom is -0.366 e. The van der Waals surface area contributed by atoms with E-state index in [2.05, 4.69) is 32.3 Å². The summed E-state index contributed by atoms with van der Waals surface area (Å²) in [6.45, 7) is 2.67. The van der Waals surface area contributed by atoms with E-state index in [1.54, 1.807) is 29.3 Å². The average Bonchev–Trinajstić information content (AvgIpc) is 2.77. The number of hydrogen-bond donors (Lipinski definition) is 1. The second-order valence-electron chi connectivity index (χ2n) is 6.65. The lowest BCUT2D eigenvalue weighted by Crippen LogP contribution is -2.51. The standard InChI is InChI=1S/C21H21N5O2/c27-20(15-24-21(28)18-7-3-4-8-23-18)26-11-9-25(10-12-26)19-14-22-13-16-5-1-2-6-17(16)19/h1-8,13-14H,9-12,15H2,(H,24,28). The number of piperazine rings is 1. The van der Waals surface area contributed by atoms with E-state index in [1.807, 2.05) is 24.5 Å². The van der Waals surface area contributed by atoms with Gasteiger partial charge < -0.3 is 15.1 Å². The molecule has 1 aliphatic rings. The van der Waals surface area contributed by atoms with Gasteiger partial charge in [0, 0.05) is 49.3 Å². The van der Waals surface area contributed by atoms with E-state index >= 15 is 0 Å². The first-order valence-corrected chi connectivity index (χ1v) is 9.27. The number of hydrogen-bond acceptors (Lipinski definition) is 5. The summed E-state index contributed by atoms with van der Waals surface area (Å²) in [5, 5.41) is 4.92. The first kappa shape index (κ1) is 17.9. The quantitative estimate of drug-likeness (QED) is 0.751. The summed E-state index contributed by atoms with van der Waals surface area (Å²) in [7, 11) is 0. The molecule has 4 rings (SSSR count). The summed E-state index contributed by atoms with van der Waals surface area (Å²) >= 11 is 0. The highest BCUT2D eigenvalue weighted by Crippen LogP contribution is 2.26. The van der Waals surface area contributed by atoms with Crippen molar-refractivity contribution in [3.05, 3.63) is 66.7 Å². The molecule has 0 radical (unpaired) electrons. The molecule has 3 aromatic rings. The van der Waals surface area contributed by atoms with Crippen molar-refractivity contribution in [2.24, 2.45) is 0 Å². The third-order valence-electron chi connectivity index (χ3n) is 4.92. The molecule has 1 saturated heterocycles. The Morgan fingerprint density at radius 1 is 0.964 bits per heavy atom. The molecule has 2 amide bonds. The number of nitrogens with one attached hydrogen (secondary N) is 1. The third kappa shape index (κ3) is 3.78. The molecule has 28 heavy (non-hydrogen) atoms. The molecule has 0 unspecified atom stereocenters. The van der Waals surface area contributed by atoms with Gasteiger partial charge in [0.05, 0.1) is 18.4 Å². The summed E-state index contributed by atoms with van der Waals surface area (Å²) < 4.78 is 0. The van der Waals surface area contributed by atoms with Crippen molar-refractivity contribution in [1.29, 1.82) is 0 Å². The van der Waals surface area contributed by atoms with Crippen LogP contribution in [0.1, 0.15) is 10.5 Å². The number of fused-ring (bicyclic) bond motifs is 1. The fourth-order valence-corrected chi connectivity index (χ4v) is 3.40. The first-order chi connectivity index (χ1) is 13.7. The minimum atomic E-state index is -0.339. The smallest absolute Gasteiger partial charge is 0.270 e. The van der Waals surface area contributed by atoms with Crippen molar-refractivity contribution in [3.8, 4) is 0 Å². The van der Waals surface area contributed by atoms with Crippen LogP contribution in [0.4, 0.5) is 5.69 Å². The molecular formula is C21H21N5O2. The lowest BCUT2D eigenvalue weighted by molar-refractivity contribution is -0.130. The molecule has 0 bridgehead atoms. The highest BCUT2D eigenvalue weighted by atomic mass is 16.2. The van der Waals surface area contributed by atoms with Gasteiger partial charge in [-0.05, 0) is 12.1 Å². The molecule has 0 aliphatic carbocycles. The number of rotatable bonds is 4. The van der Waals surface area contributed by atoms with Crippen LogP contribution in [0, 0.1) is 0 Å². The molecule has 2 aromatic heterocycles. The van der Waals surface area contributed by atoms with Crippen molar-refractivity contribution in [2.45, 2.75) is 0 Å². The van der Waals surface area contributed by atoms with Crippen molar-refractivity contribution in [1.82, 2.24) is 20.2 Å². The average molecular weight is 375 g/mol. The molecule has 0 spiro atoms. The number of carbonyl (C=O) groups is 2. The summed E-state index contributed by atoms with van der Waals surface area (Å²) in [6.07, 6.45) is 5.30. The maximum atomic E-state index is 12.4. The molecule has 1 aliphatic heterocycles. The van der Waals surface area contributed by atoms with Crippen molar-refractivity contribution >= 4 is 28.3 Å². The monoisotopic (exact) mass is 375 g/mol. The highest BCUT2D eigenvalue weighted by Gasteiger charge is 2.22. The zero-order valence-electron chi connectivity index (χ0n) is 15.4. The van der Waals surface area contributed by atoms with Gasteiger partial charge in [-0.15, -0.1) is 0 Å². The zero-order valence-corrected chi connectivity index (χ0v) is 15.4. The van der Waals surface area contributed by atoms with Crippen LogP contribution in [0.15, 0.2) is 61.1 Å². The lowest BCUT2D eigenvalue weighted by atomic mass is 10.1. The molecule has 1 N–H and O–H groups in total. The van der Waals surface area contributed by atoms with Crippen molar-refractivity contribution in [2.75, 3.05) is 37.6 Å². The Hall–Kier alpha value is -3.48. The predicted octanol–water partition coefficient (Wildman–Crippen LogP) is 1.71. The van der Waals surface area contributed by atoms with E-state index in [1.165, 1.54) is 5.39 Å². The summed E-state index contributed by atoms with van der Waals surface area (Å²) in [5.74, 6) is -0.422. The fourth-order valence-electron chi connectivity index (χ4n) is 3.40. The van der Waals surface area contributed by atoms with Crippen LogP contribution in [0.2, 0.25) is 0 Å². The molecular weight excluding hydrogens is 354 g/mol. The lowest BCUT2D eigenvalue weighted by Gasteiger charge is -2.36. The van der Waals surface area contributed by atoms with Gasteiger partial charge in [-0.2, -0.15) is 0 Å². The van der Waals surface area contributed by atoms with Crippen LogP contribution in [0.5, 0.6) is 0 Å². The largest absolute Gasteiger partial charge is 0.366 e. The fraction of sp³-hybridized carbons (Fsp3) is 0.238. The number of anilines is 1. The topological polar surface area (TPSA) is 78.4 Å². The third-order valence-corrected chi connectivity index (χ3v) is 4.92. The van der Waals surface area contributed by atoms with E-state index in [0.29, 0.717) is 18.8 Å². The van der Waals surface area contributed by atoms with Crippen molar-refractivity contribution < 1.29 is 9.59 Å². The number of nitrogens with zero attached hydrogens (tertiary/aromatic N) is 4. The number of aromatic nitrogens is 2.